The topological polar surface area (TPSA) is 54.4 Å². The van der Waals surface area contributed by atoms with Gasteiger partial charge in [-0.1, -0.05) is 11.8 Å². The average molecular weight is 260 g/mol. The summed E-state index contributed by atoms with van der Waals surface area (Å²) >= 11 is 0. The van der Waals surface area contributed by atoms with Crippen LogP contribution < -0.4 is 0 Å². The molecular formula is C11H4F4O3. The van der Waals surface area contributed by atoms with Crippen molar-refractivity contribution < 1.29 is 32.3 Å². The third-order valence-corrected chi connectivity index (χ3v) is 1.88. The van der Waals surface area contributed by atoms with Crippen molar-refractivity contribution in [3.63, 3.8) is 0 Å². The largest absolute Gasteiger partial charge is 0.477 e. The highest BCUT2D eigenvalue weighted by molar-refractivity contribution is 5.88. The zero-order valence-electron chi connectivity index (χ0n) is 8.56. The second kappa shape index (κ2) is 5.31. The van der Waals surface area contributed by atoms with Crippen LogP contribution in [0.3, 0.4) is 0 Å². The maximum Gasteiger partial charge on any atom is 0.341 e. The Morgan fingerprint density at radius 2 is 1.61 bits per heavy atom. The van der Waals surface area contributed by atoms with Gasteiger partial charge in [-0.05, 0) is 0 Å². The van der Waals surface area contributed by atoms with E-state index in [2.05, 4.69) is 0 Å². The number of carbonyl (C=O) groups is 2. The van der Waals surface area contributed by atoms with Crippen molar-refractivity contribution in [3.05, 3.63) is 34.4 Å². The molecule has 0 amide bonds. The molecule has 0 saturated heterocycles. The average Bonchev–Trinajstić information content (AvgIpc) is 2.31. The SMILES string of the molecule is O=CCC#Cc1c(F)c(F)c(C(=O)O)c(F)c1F. The van der Waals surface area contributed by atoms with E-state index < -0.39 is 40.4 Å². The molecule has 0 saturated carbocycles. The summed E-state index contributed by atoms with van der Waals surface area (Å²) in [6.45, 7) is 0. The van der Waals surface area contributed by atoms with Crippen LogP contribution in [-0.2, 0) is 4.79 Å². The zero-order valence-corrected chi connectivity index (χ0v) is 8.56. The van der Waals surface area contributed by atoms with Crippen molar-refractivity contribution >= 4 is 12.3 Å². The molecule has 0 atom stereocenters. The van der Waals surface area contributed by atoms with E-state index in [9.17, 15) is 27.2 Å². The Kier molecular flexibility index (Phi) is 4.05. The van der Waals surface area contributed by atoms with Gasteiger partial charge in [-0.15, -0.1) is 0 Å². The van der Waals surface area contributed by atoms with E-state index in [4.69, 9.17) is 5.11 Å². The Balaban J connectivity index is 3.55. The highest BCUT2D eigenvalue weighted by Gasteiger charge is 2.28. The van der Waals surface area contributed by atoms with E-state index in [1.54, 1.807) is 5.92 Å². The summed E-state index contributed by atoms with van der Waals surface area (Å²) in [5.74, 6) is -6.37. The number of hydrogen-bond acceptors (Lipinski definition) is 2. The van der Waals surface area contributed by atoms with Gasteiger partial charge in [0.2, 0.25) is 0 Å². The summed E-state index contributed by atoms with van der Waals surface area (Å²) in [6.07, 6.45) is -0.0655. The van der Waals surface area contributed by atoms with Crippen LogP contribution in [0.1, 0.15) is 22.3 Å². The fraction of sp³-hybridized carbons (Fsp3) is 0.0909. The monoisotopic (exact) mass is 260 g/mol. The maximum absolute atomic E-state index is 13.3. The number of carboxylic acid groups (broad SMARTS) is 1. The lowest BCUT2D eigenvalue weighted by molar-refractivity contribution is -0.107. The van der Waals surface area contributed by atoms with Crippen molar-refractivity contribution in [2.75, 3.05) is 0 Å². The minimum absolute atomic E-state index is 0.321. The second-order valence-electron chi connectivity index (χ2n) is 2.98. The lowest BCUT2D eigenvalue weighted by Gasteiger charge is -2.05. The zero-order chi connectivity index (χ0) is 13.9. The Morgan fingerprint density at radius 1 is 1.11 bits per heavy atom. The van der Waals surface area contributed by atoms with Crippen LogP contribution in [0.4, 0.5) is 17.6 Å². The van der Waals surface area contributed by atoms with E-state index in [0.29, 0.717) is 6.29 Å². The van der Waals surface area contributed by atoms with E-state index in [-0.39, 0.29) is 6.42 Å². The fourth-order valence-corrected chi connectivity index (χ4v) is 1.11. The third-order valence-electron chi connectivity index (χ3n) is 1.88. The number of aromatic carboxylic acids is 1. The van der Waals surface area contributed by atoms with Crippen LogP contribution in [0.2, 0.25) is 0 Å². The van der Waals surface area contributed by atoms with Crippen molar-refractivity contribution in [2.45, 2.75) is 6.42 Å². The van der Waals surface area contributed by atoms with Gasteiger partial charge in [0.1, 0.15) is 17.4 Å². The number of hydrogen-bond donors (Lipinski definition) is 1. The summed E-state index contributed by atoms with van der Waals surface area (Å²) < 4.78 is 52.8. The molecule has 0 aliphatic carbocycles. The smallest absolute Gasteiger partial charge is 0.341 e. The molecule has 7 heteroatoms. The molecule has 0 bridgehead atoms. The first-order chi connectivity index (χ1) is 8.41. The van der Waals surface area contributed by atoms with Gasteiger partial charge in [0.05, 0.1) is 6.42 Å². The molecule has 0 aliphatic heterocycles. The van der Waals surface area contributed by atoms with E-state index in [0.717, 1.165) is 0 Å². The number of carbonyl (C=O) groups excluding carboxylic acids is 1. The first-order valence-corrected chi connectivity index (χ1v) is 4.43. The molecule has 18 heavy (non-hydrogen) atoms. The number of aldehydes is 1. The van der Waals surface area contributed by atoms with Gasteiger partial charge >= 0.3 is 5.97 Å². The first-order valence-electron chi connectivity index (χ1n) is 4.43. The van der Waals surface area contributed by atoms with Crippen molar-refractivity contribution in [2.24, 2.45) is 0 Å². The third kappa shape index (κ3) is 2.32. The maximum atomic E-state index is 13.3. The predicted molar refractivity (Wildman–Crippen MR) is 50.8 cm³/mol. The Morgan fingerprint density at radius 3 is 2.00 bits per heavy atom. The molecule has 0 fully saturated rings. The van der Waals surface area contributed by atoms with Crippen molar-refractivity contribution in [1.29, 1.82) is 0 Å². The highest BCUT2D eigenvalue weighted by atomic mass is 19.2. The number of benzene rings is 1. The molecule has 1 rings (SSSR count). The molecule has 1 aromatic rings. The van der Waals surface area contributed by atoms with Crippen LogP contribution >= 0.6 is 0 Å². The Hall–Kier alpha value is -2.36. The normalized spacial score (nSPS) is 9.56. The fourth-order valence-electron chi connectivity index (χ4n) is 1.11. The molecule has 0 aromatic heterocycles. The molecule has 0 heterocycles. The summed E-state index contributed by atoms with van der Waals surface area (Å²) in [5.41, 5.74) is -2.98. The van der Waals surface area contributed by atoms with Gasteiger partial charge < -0.3 is 9.90 Å². The Labute approximate surface area is 98.0 Å². The predicted octanol–water partition coefficient (Wildman–Crippen LogP) is 1.88. The lowest BCUT2D eigenvalue weighted by atomic mass is 10.1. The molecule has 94 valence electrons. The van der Waals surface area contributed by atoms with Gasteiger partial charge in [-0.25, -0.2) is 22.4 Å². The minimum atomic E-state index is -2.14. The molecular weight excluding hydrogens is 256 g/mol. The van der Waals surface area contributed by atoms with Crippen LogP contribution in [0.5, 0.6) is 0 Å². The second-order valence-corrected chi connectivity index (χ2v) is 2.98. The van der Waals surface area contributed by atoms with E-state index in [1.807, 2.05) is 5.92 Å². The van der Waals surface area contributed by atoms with Crippen LogP contribution in [0.25, 0.3) is 0 Å². The molecule has 0 spiro atoms. The summed E-state index contributed by atoms with van der Waals surface area (Å²) in [6, 6.07) is 0. The van der Waals surface area contributed by atoms with Gasteiger partial charge in [0, 0.05) is 0 Å². The highest BCUT2D eigenvalue weighted by Crippen LogP contribution is 2.23. The standard InChI is InChI=1S/C11H4F4O3/c12-7-5(3-1-2-4-16)8(13)10(15)6(9(7)14)11(17)18/h4H,2H2,(H,17,18). The van der Waals surface area contributed by atoms with Gasteiger partial charge in [-0.3, -0.25) is 0 Å². The minimum Gasteiger partial charge on any atom is -0.477 e. The number of rotatable bonds is 2. The molecule has 1 N–H and O–H groups in total. The summed E-state index contributed by atoms with van der Waals surface area (Å²) in [7, 11) is 0. The van der Waals surface area contributed by atoms with E-state index in [1.165, 1.54) is 0 Å². The van der Waals surface area contributed by atoms with Gasteiger partial charge in [0.25, 0.3) is 0 Å². The summed E-state index contributed by atoms with van der Waals surface area (Å²) in [5, 5.41) is 8.40. The van der Waals surface area contributed by atoms with Crippen LogP contribution in [0, 0.1) is 35.1 Å². The lowest BCUT2D eigenvalue weighted by Crippen LogP contribution is -2.11. The molecule has 3 nitrogen and oxygen atoms in total. The number of halogens is 4. The van der Waals surface area contributed by atoms with Gasteiger partial charge in [-0.2, -0.15) is 0 Å². The van der Waals surface area contributed by atoms with Crippen LogP contribution in [0.15, 0.2) is 0 Å². The number of carboxylic acids is 1. The quantitative estimate of drug-likeness (QED) is 0.382. The molecule has 0 radical (unpaired) electrons. The van der Waals surface area contributed by atoms with Crippen molar-refractivity contribution in [3.8, 4) is 11.8 Å². The summed E-state index contributed by atoms with van der Waals surface area (Å²) in [4.78, 5) is 20.3. The van der Waals surface area contributed by atoms with E-state index >= 15 is 0 Å². The Bertz CT molecular complexity index is 555. The molecule has 0 aliphatic rings. The molecule has 1 aromatic carbocycles. The van der Waals surface area contributed by atoms with Crippen LogP contribution in [-0.4, -0.2) is 17.4 Å². The van der Waals surface area contributed by atoms with Crippen molar-refractivity contribution in [1.82, 2.24) is 0 Å². The molecule has 0 unspecified atom stereocenters. The first kappa shape index (κ1) is 13.7. The van der Waals surface area contributed by atoms with Gasteiger partial charge in [0.15, 0.2) is 23.3 Å².